The number of anilines is 1. The van der Waals surface area contributed by atoms with E-state index in [1.807, 2.05) is 4.90 Å². The number of piperidine rings is 1. The van der Waals surface area contributed by atoms with Crippen LogP contribution < -0.4 is 10.2 Å². The minimum atomic E-state index is -4.43. The van der Waals surface area contributed by atoms with Crippen LogP contribution in [0.3, 0.4) is 0 Å². The Balaban J connectivity index is 1.59. The van der Waals surface area contributed by atoms with E-state index in [4.69, 9.17) is 0 Å². The number of halogens is 3. The van der Waals surface area contributed by atoms with Crippen molar-refractivity contribution in [2.24, 2.45) is 5.92 Å². The number of piperazine rings is 1. The molecule has 0 radical (unpaired) electrons. The molecule has 0 amide bonds. The van der Waals surface area contributed by atoms with E-state index in [9.17, 15) is 13.2 Å². The van der Waals surface area contributed by atoms with Gasteiger partial charge in [0, 0.05) is 38.4 Å². The van der Waals surface area contributed by atoms with Crippen LogP contribution in [0.5, 0.6) is 0 Å². The van der Waals surface area contributed by atoms with Gasteiger partial charge in [-0.05, 0) is 44.8 Å². The standard InChI is InChI=1S/C16H24F3N5/c1-12-9-14(16(17,18)19)22-15(21-12)24-7-5-23(6-8-24)11-13-3-2-4-20-10-13/h9,13,20H,2-8,10-11H2,1H3/t13-/m0/s1. The Morgan fingerprint density at radius 2 is 1.96 bits per heavy atom. The number of aromatic nitrogens is 2. The van der Waals surface area contributed by atoms with E-state index in [1.165, 1.54) is 12.8 Å². The molecule has 1 atom stereocenters. The van der Waals surface area contributed by atoms with Crippen molar-refractivity contribution in [1.82, 2.24) is 20.2 Å². The highest BCUT2D eigenvalue weighted by Crippen LogP contribution is 2.29. The molecule has 0 saturated carbocycles. The predicted molar refractivity (Wildman–Crippen MR) is 86.0 cm³/mol. The van der Waals surface area contributed by atoms with Gasteiger partial charge < -0.3 is 10.2 Å². The number of alkyl halides is 3. The zero-order valence-corrected chi connectivity index (χ0v) is 13.9. The van der Waals surface area contributed by atoms with Crippen molar-refractivity contribution in [2.75, 3.05) is 50.7 Å². The van der Waals surface area contributed by atoms with E-state index in [2.05, 4.69) is 20.2 Å². The first-order valence-corrected chi connectivity index (χ1v) is 8.53. The van der Waals surface area contributed by atoms with Gasteiger partial charge in [0.05, 0.1) is 0 Å². The van der Waals surface area contributed by atoms with Crippen molar-refractivity contribution in [3.63, 3.8) is 0 Å². The maximum Gasteiger partial charge on any atom is 0.433 e. The Morgan fingerprint density at radius 3 is 2.58 bits per heavy atom. The third-order valence-corrected chi connectivity index (χ3v) is 4.70. The second kappa shape index (κ2) is 7.23. The van der Waals surface area contributed by atoms with Crippen molar-refractivity contribution >= 4 is 5.95 Å². The molecule has 8 heteroatoms. The second-order valence-corrected chi connectivity index (χ2v) is 6.69. The van der Waals surface area contributed by atoms with Gasteiger partial charge in [0.15, 0.2) is 0 Å². The second-order valence-electron chi connectivity index (χ2n) is 6.69. The van der Waals surface area contributed by atoms with Crippen LogP contribution in [0.4, 0.5) is 19.1 Å². The lowest BCUT2D eigenvalue weighted by Gasteiger charge is -2.37. The van der Waals surface area contributed by atoms with E-state index in [0.29, 0.717) is 24.7 Å². The normalized spacial score (nSPS) is 23.5. The maximum atomic E-state index is 12.9. The smallest absolute Gasteiger partial charge is 0.338 e. The summed E-state index contributed by atoms with van der Waals surface area (Å²) in [6.07, 6.45) is -1.95. The molecule has 0 aromatic carbocycles. The van der Waals surface area contributed by atoms with E-state index in [1.54, 1.807) is 6.92 Å². The summed E-state index contributed by atoms with van der Waals surface area (Å²) in [6, 6.07) is 0.996. The Hall–Kier alpha value is -1.41. The Kier molecular flexibility index (Phi) is 5.24. The van der Waals surface area contributed by atoms with Crippen molar-refractivity contribution in [1.29, 1.82) is 0 Å². The molecule has 1 N–H and O–H groups in total. The Morgan fingerprint density at radius 1 is 1.21 bits per heavy atom. The van der Waals surface area contributed by atoms with Gasteiger partial charge in [-0.2, -0.15) is 13.2 Å². The number of aryl methyl sites for hydroxylation is 1. The van der Waals surface area contributed by atoms with Gasteiger partial charge in [0.25, 0.3) is 0 Å². The summed E-state index contributed by atoms with van der Waals surface area (Å²) in [6.45, 7) is 7.83. The van der Waals surface area contributed by atoms with E-state index >= 15 is 0 Å². The fourth-order valence-corrected chi connectivity index (χ4v) is 3.41. The van der Waals surface area contributed by atoms with Gasteiger partial charge in [-0.3, -0.25) is 4.90 Å². The molecule has 2 fully saturated rings. The molecule has 24 heavy (non-hydrogen) atoms. The topological polar surface area (TPSA) is 44.3 Å². The molecule has 2 saturated heterocycles. The van der Waals surface area contributed by atoms with Crippen molar-refractivity contribution < 1.29 is 13.2 Å². The van der Waals surface area contributed by atoms with Crippen molar-refractivity contribution in [2.45, 2.75) is 25.9 Å². The summed E-state index contributed by atoms with van der Waals surface area (Å²) in [5, 5.41) is 3.42. The zero-order chi connectivity index (χ0) is 17.2. The molecule has 134 valence electrons. The fraction of sp³-hybridized carbons (Fsp3) is 0.750. The minimum absolute atomic E-state index is 0.196. The Bertz CT molecular complexity index is 549. The van der Waals surface area contributed by atoms with Gasteiger partial charge in [0.2, 0.25) is 5.95 Å². The first-order chi connectivity index (χ1) is 11.4. The molecule has 0 spiro atoms. The average Bonchev–Trinajstić information content (AvgIpc) is 2.55. The number of hydrogen-bond acceptors (Lipinski definition) is 5. The molecule has 3 heterocycles. The fourth-order valence-electron chi connectivity index (χ4n) is 3.41. The molecule has 2 aliphatic rings. The molecule has 0 aliphatic carbocycles. The largest absolute Gasteiger partial charge is 0.433 e. The highest BCUT2D eigenvalue weighted by Gasteiger charge is 2.34. The lowest BCUT2D eigenvalue weighted by molar-refractivity contribution is -0.141. The minimum Gasteiger partial charge on any atom is -0.338 e. The molecule has 1 aromatic heterocycles. The van der Waals surface area contributed by atoms with Crippen LogP contribution in [0, 0.1) is 12.8 Å². The highest BCUT2D eigenvalue weighted by molar-refractivity contribution is 5.33. The monoisotopic (exact) mass is 343 g/mol. The number of hydrogen-bond donors (Lipinski definition) is 1. The van der Waals surface area contributed by atoms with E-state index in [0.717, 1.165) is 38.8 Å². The summed E-state index contributed by atoms with van der Waals surface area (Å²) in [7, 11) is 0. The molecule has 0 unspecified atom stereocenters. The van der Waals surface area contributed by atoms with Crippen molar-refractivity contribution in [3.8, 4) is 0 Å². The number of nitrogens with zero attached hydrogens (tertiary/aromatic N) is 4. The van der Waals surface area contributed by atoms with Crippen LogP contribution in [0.1, 0.15) is 24.2 Å². The first kappa shape index (κ1) is 17.4. The summed E-state index contributed by atoms with van der Waals surface area (Å²) < 4.78 is 38.7. The molecule has 3 rings (SSSR count). The van der Waals surface area contributed by atoms with E-state index in [-0.39, 0.29) is 5.95 Å². The van der Waals surface area contributed by atoms with Crippen LogP contribution in [0.25, 0.3) is 0 Å². The number of nitrogens with one attached hydrogen (secondary N) is 1. The molecule has 1 aromatic rings. The SMILES string of the molecule is Cc1cc(C(F)(F)F)nc(N2CCN(C[C@H]3CCCNC3)CC2)n1. The lowest BCUT2D eigenvalue weighted by Crippen LogP contribution is -2.49. The van der Waals surface area contributed by atoms with E-state index < -0.39 is 11.9 Å². The lowest BCUT2D eigenvalue weighted by atomic mass is 9.99. The predicted octanol–water partition coefficient (Wildman–Crippen LogP) is 1.93. The quantitative estimate of drug-likeness (QED) is 0.909. The van der Waals surface area contributed by atoms with Gasteiger partial charge >= 0.3 is 6.18 Å². The van der Waals surface area contributed by atoms with Crippen LogP contribution in [-0.4, -0.2) is 60.7 Å². The van der Waals surface area contributed by atoms with Crippen LogP contribution in [0.2, 0.25) is 0 Å². The molecular weight excluding hydrogens is 319 g/mol. The van der Waals surface area contributed by atoms with Gasteiger partial charge in [-0.25, -0.2) is 9.97 Å². The third-order valence-electron chi connectivity index (χ3n) is 4.70. The molecule has 2 aliphatic heterocycles. The van der Waals surface area contributed by atoms with Crippen LogP contribution in [-0.2, 0) is 6.18 Å². The Labute approximate surface area is 140 Å². The molecule has 0 bridgehead atoms. The van der Waals surface area contributed by atoms with Crippen LogP contribution >= 0.6 is 0 Å². The maximum absolute atomic E-state index is 12.9. The first-order valence-electron chi connectivity index (χ1n) is 8.53. The summed E-state index contributed by atoms with van der Waals surface area (Å²) in [5.74, 6) is 0.874. The van der Waals surface area contributed by atoms with Gasteiger partial charge in [0.1, 0.15) is 5.69 Å². The average molecular weight is 343 g/mol. The molecular formula is C16H24F3N5. The number of rotatable bonds is 3. The molecule has 5 nitrogen and oxygen atoms in total. The third kappa shape index (κ3) is 4.36. The summed E-state index contributed by atoms with van der Waals surface area (Å²) >= 11 is 0. The van der Waals surface area contributed by atoms with Gasteiger partial charge in [-0.1, -0.05) is 0 Å². The van der Waals surface area contributed by atoms with Crippen LogP contribution in [0.15, 0.2) is 6.07 Å². The highest BCUT2D eigenvalue weighted by atomic mass is 19.4. The summed E-state index contributed by atoms with van der Waals surface area (Å²) in [4.78, 5) is 12.2. The van der Waals surface area contributed by atoms with Gasteiger partial charge in [-0.15, -0.1) is 0 Å². The summed E-state index contributed by atoms with van der Waals surface area (Å²) in [5.41, 5.74) is -0.510. The van der Waals surface area contributed by atoms with Crippen molar-refractivity contribution in [3.05, 3.63) is 17.5 Å². The zero-order valence-electron chi connectivity index (χ0n) is 13.9.